The number of likely N-dealkylation sites (tertiary alicyclic amines) is 1. The van der Waals surface area contributed by atoms with Crippen LogP contribution >= 0.6 is 11.6 Å². The highest BCUT2D eigenvalue weighted by Gasteiger charge is 2.34. The molecule has 0 spiro atoms. The predicted octanol–water partition coefficient (Wildman–Crippen LogP) is 2.76. The van der Waals surface area contributed by atoms with Crippen LogP contribution in [0.3, 0.4) is 0 Å². The lowest BCUT2D eigenvalue weighted by molar-refractivity contribution is 0.0585. The van der Waals surface area contributed by atoms with E-state index in [4.69, 9.17) is 11.6 Å². The fourth-order valence-electron chi connectivity index (χ4n) is 4.12. The molecule has 2 aromatic rings. The van der Waals surface area contributed by atoms with E-state index in [9.17, 15) is 4.79 Å². The number of halogens is 1. The Labute approximate surface area is 147 Å². The van der Waals surface area contributed by atoms with E-state index in [2.05, 4.69) is 10.3 Å². The molecule has 0 aromatic carbocycles. The molecule has 2 fully saturated rings. The summed E-state index contributed by atoms with van der Waals surface area (Å²) < 4.78 is 1.86. The predicted molar refractivity (Wildman–Crippen MR) is 94.6 cm³/mol. The summed E-state index contributed by atoms with van der Waals surface area (Å²) in [5.41, 5.74) is 2.32. The van der Waals surface area contributed by atoms with E-state index in [1.54, 1.807) is 6.20 Å². The lowest BCUT2D eigenvalue weighted by Crippen LogP contribution is -2.53. The average molecular weight is 347 g/mol. The number of hydrogen-bond acceptors (Lipinski definition) is 3. The van der Waals surface area contributed by atoms with E-state index in [0.717, 1.165) is 43.8 Å². The number of aromatic nitrogens is 2. The first-order chi connectivity index (χ1) is 11.7. The van der Waals surface area contributed by atoms with Gasteiger partial charge in [0, 0.05) is 25.3 Å². The van der Waals surface area contributed by atoms with Gasteiger partial charge >= 0.3 is 0 Å². The van der Waals surface area contributed by atoms with Crippen molar-refractivity contribution in [3.63, 3.8) is 0 Å². The molecule has 2 aliphatic rings. The number of hydrogen-bond donors (Lipinski definition) is 1. The third-order valence-electron chi connectivity index (χ3n) is 5.37. The first-order valence-electron chi connectivity index (χ1n) is 8.86. The molecule has 0 bridgehead atoms. The second-order valence-corrected chi connectivity index (χ2v) is 7.28. The van der Waals surface area contributed by atoms with Gasteiger partial charge in [-0.25, -0.2) is 4.98 Å². The summed E-state index contributed by atoms with van der Waals surface area (Å²) in [6.45, 7) is 4.80. The van der Waals surface area contributed by atoms with Gasteiger partial charge in [-0.05, 0) is 50.3 Å². The number of imidazole rings is 1. The second-order valence-electron chi connectivity index (χ2n) is 6.84. The van der Waals surface area contributed by atoms with Gasteiger partial charge in [-0.15, -0.1) is 0 Å². The van der Waals surface area contributed by atoms with Crippen molar-refractivity contribution in [2.75, 3.05) is 19.6 Å². The number of fused-ring (bicyclic) bond motifs is 2. The number of nitrogens with zero attached hydrogens (tertiary/aromatic N) is 3. The van der Waals surface area contributed by atoms with Gasteiger partial charge in [-0.3, -0.25) is 9.20 Å². The van der Waals surface area contributed by atoms with E-state index in [1.165, 1.54) is 12.8 Å². The molecule has 2 aromatic heterocycles. The van der Waals surface area contributed by atoms with Gasteiger partial charge in [-0.1, -0.05) is 18.5 Å². The normalized spacial score (nSPS) is 24.2. The highest BCUT2D eigenvalue weighted by atomic mass is 35.5. The molecule has 1 amide bonds. The maximum Gasteiger partial charge on any atom is 0.272 e. The lowest BCUT2D eigenvalue weighted by atomic mass is 9.85. The molecule has 2 atom stereocenters. The van der Waals surface area contributed by atoms with Crippen molar-refractivity contribution < 1.29 is 4.79 Å². The number of piperidine rings is 2. The van der Waals surface area contributed by atoms with Gasteiger partial charge in [0.05, 0.1) is 10.7 Å². The number of aryl methyl sites for hydroxylation is 1. The molecule has 0 aliphatic carbocycles. The molecule has 1 N–H and O–H groups in total. The van der Waals surface area contributed by atoms with Crippen LogP contribution in [0.5, 0.6) is 0 Å². The van der Waals surface area contributed by atoms with Crippen LogP contribution in [0.4, 0.5) is 0 Å². The van der Waals surface area contributed by atoms with Crippen LogP contribution in [0.2, 0.25) is 5.02 Å². The summed E-state index contributed by atoms with van der Waals surface area (Å²) in [5.74, 6) is 0.662. The highest BCUT2D eigenvalue weighted by Crippen LogP contribution is 2.27. The number of carbonyl (C=O) groups excluding carboxylic acids is 1. The average Bonchev–Trinajstić information content (AvgIpc) is 2.98. The summed E-state index contributed by atoms with van der Waals surface area (Å²) in [6, 6.07) is 4.26. The number of rotatable bonds is 2. The quantitative estimate of drug-likeness (QED) is 0.909. The first kappa shape index (κ1) is 15.9. The summed E-state index contributed by atoms with van der Waals surface area (Å²) >= 11 is 6.14. The molecule has 0 unspecified atom stereocenters. The number of amides is 1. The third-order valence-corrected chi connectivity index (χ3v) is 5.60. The van der Waals surface area contributed by atoms with E-state index in [-0.39, 0.29) is 5.91 Å². The Hall–Kier alpha value is -1.59. The number of pyridine rings is 1. The Morgan fingerprint density at radius 1 is 1.42 bits per heavy atom. The monoisotopic (exact) mass is 346 g/mol. The molecule has 0 radical (unpaired) electrons. The van der Waals surface area contributed by atoms with E-state index >= 15 is 0 Å². The van der Waals surface area contributed by atoms with Crippen molar-refractivity contribution >= 4 is 23.2 Å². The van der Waals surface area contributed by atoms with E-state index < -0.39 is 0 Å². The van der Waals surface area contributed by atoms with Crippen LogP contribution in [-0.2, 0) is 6.42 Å². The van der Waals surface area contributed by atoms with Crippen molar-refractivity contribution in [3.8, 4) is 0 Å². The van der Waals surface area contributed by atoms with Gasteiger partial charge in [0.25, 0.3) is 5.91 Å². The molecular formula is C18H23ClN4O. The van der Waals surface area contributed by atoms with Crippen LogP contribution in [0.25, 0.3) is 5.65 Å². The Morgan fingerprint density at radius 2 is 2.29 bits per heavy atom. The van der Waals surface area contributed by atoms with Crippen LogP contribution in [-0.4, -0.2) is 45.9 Å². The third kappa shape index (κ3) is 2.70. The maximum absolute atomic E-state index is 13.2. The summed E-state index contributed by atoms with van der Waals surface area (Å²) in [5, 5.41) is 4.22. The van der Waals surface area contributed by atoms with Crippen molar-refractivity contribution in [2.45, 2.75) is 38.6 Å². The molecule has 4 heterocycles. The van der Waals surface area contributed by atoms with E-state index in [1.807, 2.05) is 28.4 Å². The molecule has 0 saturated carbocycles. The SMILES string of the molecule is CCc1nc2ccc(Cl)cn2c1C(=O)N1CC[C@@H]2NCCC[C@@H]2C1. The number of nitrogens with one attached hydrogen (secondary N) is 1. The highest BCUT2D eigenvalue weighted by molar-refractivity contribution is 6.30. The van der Waals surface area contributed by atoms with Crippen molar-refractivity contribution in [1.29, 1.82) is 0 Å². The fraction of sp³-hybridized carbons (Fsp3) is 0.556. The molecule has 6 heteroatoms. The standard InChI is InChI=1S/C18H23ClN4O/c1-2-14-17(23-11-13(19)5-6-16(23)21-14)18(24)22-9-7-15-12(10-22)4-3-8-20-15/h5-6,11-12,15,20H,2-4,7-10H2,1H3/t12-,15+/m1/s1. The minimum atomic E-state index is 0.0886. The summed E-state index contributed by atoms with van der Waals surface area (Å²) in [6.07, 6.45) is 5.98. The second kappa shape index (κ2) is 6.37. The van der Waals surface area contributed by atoms with Gasteiger partial charge in [0.1, 0.15) is 11.3 Å². The molecular weight excluding hydrogens is 324 g/mol. The molecule has 5 nitrogen and oxygen atoms in total. The molecule has 2 saturated heterocycles. The largest absolute Gasteiger partial charge is 0.337 e. The zero-order valence-electron chi connectivity index (χ0n) is 14.0. The minimum absolute atomic E-state index is 0.0886. The van der Waals surface area contributed by atoms with Crippen LogP contribution in [0, 0.1) is 5.92 Å². The Kier molecular flexibility index (Phi) is 4.22. The molecule has 24 heavy (non-hydrogen) atoms. The van der Waals surface area contributed by atoms with Crippen LogP contribution in [0.1, 0.15) is 42.4 Å². The van der Waals surface area contributed by atoms with Crippen molar-refractivity contribution in [2.24, 2.45) is 5.92 Å². The summed E-state index contributed by atoms with van der Waals surface area (Å²) in [7, 11) is 0. The molecule has 2 aliphatic heterocycles. The summed E-state index contributed by atoms with van der Waals surface area (Å²) in [4.78, 5) is 19.9. The van der Waals surface area contributed by atoms with Gasteiger partial charge < -0.3 is 10.2 Å². The number of carbonyl (C=O) groups is 1. The lowest BCUT2D eigenvalue weighted by Gasteiger charge is -2.41. The van der Waals surface area contributed by atoms with Crippen molar-refractivity contribution in [3.05, 3.63) is 34.7 Å². The maximum atomic E-state index is 13.2. The zero-order chi connectivity index (χ0) is 16.7. The topological polar surface area (TPSA) is 49.6 Å². The van der Waals surface area contributed by atoms with Crippen LogP contribution < -0.4 is 5.32 Å². The molecule has 4 rings (SSSR count). The molecule has 128 valence electrons. The Bertz CT molecular complexity index is 772. The van der Waals surface area contributed by atoms with Crippen LogP contribution in [0.15, 0.2) is 18.3 Å². The Balaban J connectivity index is 1.66. The van der Waals surface area contributed by atoms with Gasteiger partial charge in [0.2, 0.25) is 0 Å². The van der Waals surface area contributed by atoms with E-state index in [0.29, 0.717) is 22.7 Å². The van der Waals surface area contributed by atoms with Gasteiger partial charge in [-0.2, -0.15) is 0 Å². The Morgan fingerprint density at radius 3 is 3.12 bits per heavy atom. The zero-order valence-corrected chi connectivity index (χ0v) is 14.7. The smallest absolute Gasteiger partial charge is 0.272 e. The fourth-order valence-corrected chi connectivity index (χ4v) is 4.28. The minimum Gasteiger partial charge on any atom is -0.337 e. The van der Waals surface area contributed by atoms with Crippen molar-refractivity contribution in [1.82, 2.24) is 19.6 Å². The van der Waals surface area contributed by atoms with Gasteiger partial charge in [0.15, 0.2) is 0 Å². The first-order valence-corrected chi connectivity index (χ1v) is 9.24.